The molecule has 0 unspecified atom stereocenters. The molecule has 0 fully saturated rings. The van der Waals surface area contributed by atoms with Crippen molar-refractivity contribution in [1.29, 1.82) is 0 Å². The number of benzene rings is 3. The molecule has 0 bridgehead atoms. The van der Waals surface area contributed by atoms with Gasteiger partial charge in [0.25, 0.3) is 0 Å². The summed E-state index contributed by atoms with van der Waals surface area (Å²) < 4.78 is 0. The first-order chi connectivity index (χ1) is 11.7. The summed E-state index contributed by atoms with van der Waals surface area (Å²) in [6.45, 7) is 0. The Morgan fingerprint density at radius 2 is 0.920 bits per heavy atom. The summed E-state index contributed by atoms with van der Waals surface area (Å²) in [7, 11) is 0. The summed E-state index contributed by atoms with van der Waals surface area (Å²) in [6, 6.07) is 21.4. The van der Waals surface area contributed by atoms with E-state index in [0.29, 0.717) is 22.5 Å². The third kappa shape index (κ3) is 4.78. The van der Waals surface area contributed by atoms with Crippen molar-refractivity contribution in [1.82, 2.24) is 0 Å². The summed E-state index contributed by atoms with van der Waals surface area (Å²) in [5.41, 5.74) is 2.62. The number of aromatic hydroxyl groups is 2. The molecular weight excluding hydrogens is 359 g/mol. The summed E-state index contributed by atoms with van der Waals surface area (Å²) in [5.74, 6) is 0.355. The maximum Gasteiger partial charge on any atom is 0.124 e. The molecule has 0 amide bonds. The molecule has 0 saturated carbocycles. The Hall–Kier alpha value is -2.91. The van der Waals surface area contributed by atoms with Crippen LogP contribution in [0.25, 0.3) is 0 Å². The maximum absolute atomic E-state index is 9.79. The molecule has 0 heterocycles. The first-order valence-electron chi connectivity index (χ1n) is 7.47. The number of hydrogen-bond acceptors (Lipinski definition) is 4. The van der Waals surface area contributed by atoms with E-state index in [2.05, 4.69) is 9.98 Å². The van der Waals surface area contributed by atoms with Gasteiger partial charge >= 0.3 is 0 Å². The van der Waals surface area contributed by atoms with Crippen LogP contribution >= 0.6 is 0 Å². The molecule has 4 nitrogen and oxygen atoms in total. The fourth-order valence-electron chi connectivity index (χ4n) is 2.15. The van der Waals surface area contributed by atoms with Gasteiger partial charge in [-0.25, -0.2) is 0 Å². The molecule has 128 valence electrons. The smallest absolute Gasteiger partial charge is 0.124 e. The van der Waals surface area contributed by atoms with E-state index in [0.717, 1.165) is 0 Å². The Bertz CT molecular complexity index is 833. The van der Waals surface area contributed by atoms with Crippen LogP contribution in [0.2, 0.25) is 0 Å². The van der Waals surface area contributed by atoms with Crippen LogP contribution in [0.1, 0.15) is 11.1 Å². The van der Waals surface area contributed by atoms with Crippen molar-refractivity contribution in [2.75, 3.05) is 0 Å². The quantitative estimate of drug-likeness (QED) is 0.517. The van der Waals surface area contributed by atoms with Crippen LogP contribution in [-0.4, -0.2) is 22.6 Å². The number of aliphatic imine (C=N–C) groups is 2. The van der Waals surface area contributed by atoms with E-state index in [-0.39, 0.29) is 28.0 Å². The van der Waals surface area contributed by atoms with Gasteiger partial charge in [0.15, 0.2) is 0 Å². The molecule has 0 radical (unpaired) electrons. The minimum Gasteiger partial charge on any atom is -0.507 e. The number of nitrogens with zero attached hydrogens (tertiary/aromatic N) is 2. The first-order valence-corrected chi connectivity index (χ1v) is 7.47. The molecule has 0 atom stereocenters. The molecule has 25 heavy (non-hydrogen) atoms. The van der Waals surface area contributed by atoms with Crippen molar-refractivity contribution in [2.24, 2.45) is 9.98 Å². The zero-order valence-corrected chi connectivity index (χ0v) is 14.2. The molecule has 3 aromatic rings. The predicted octanol–water partition coefficient (Wildman–Crippen LogP) is 4.60. The second kappa shape index (κ2) is 8.81. The minimum atomic E-state index is 0. The Morgan fingerprint density at radius 3 is 1.32 bits per heavy atom. The van der Waals surface area contributed by atoms with Crippen LogP contribution in [0.15, 0.2) is 82.8 Å². The Balaban J connectivity index is 0.00000225. The Kier molecular flexibility index (Phi) is 6.49. The van der Waals surface area contributed by atoms with Gasteiger partial charge in [0.2, 0.25) is 0 Å². The third-order valence-electron chi connectivity index (χ3n) is 3.44. The van der Waals surface area contributed by atoms with Crippen LogP contribution in [0.5, 0.6) is 11.5 Å². The van der Waals surface area contributed by atoms with Crippen LogP contribution in [0.4, 0.5) is 11.4 Å². The Morgan fingerprint density at radius 1 is 0.560 bits per heavy atom. The van der Waals surface area contributed by atoms with Crippen molar-refractivity contribution in [2.45, 2.75) is 0 Å². The standard InChI is InChI=1S/C20H16N2O2.Ni/c23-19-11-5-1-7-15(19)13-21-17-9-3-4-10-18(17)22-14-16-8-2-6-12-20(16)24;/h1-14,23-24H;. The zero-order valence-electron chi connectivity index (χ0n) is 13.2. The van der Waals surface area contributed by atoms with E-state index in [9.17, 15) is 10.2 Å². The summed E-state index contributed by atoms with van der Waals surface area (Å²) >= 11 is 0. The van der Waals surface area contributed by atoms with E-state index in [1.165, 1.54) is 0 Å². The predicted molar refractivity (Wildman–Crippen MR) is 97.2 cm³/mol. The number of phenolic OH excluding ortho intramolecular Hbond substituents is 2. The normalized spacial score (nSPS) is 10.9. The summed E-state index contributed by atoms with van der Waals surface area (Å²) in [6.07, 6.45) is 3.20. The fourth-order valence-corrected chi connectivity index (χ4v) is 2.15. The van der Waals surface area contributed by atoms with Gasteiger partial charge in [-0.1, -0.05) is 36.4 Å². The van der Waals surface area contributed by atoms with Gasteiger partial charge in [-0.3, -0.25) is 9.98 Å². The SMILES string of the molecule is Oc1ccccc1C=Nc1ccccc1N=Cc1ccccc1O.[Ni]. The summed E-state index contributed by atoms with van der Waals surface area (Å²) in [4.78, 5) is 8.82. The average Bonchev–Trinajstić information content (AvgIpc) is 2.61. The van der Waals surface area contributed by atoms with Crippen LogP contribution in [0, 0.1) is 0 Å². The topological polar surface area (TPSA) is 65.2 Å². The molecule has 5 heteroatoms. The molecule has 0 aliphatic rings. The largest absolute Gasteiger partial charge is 0.507 e. The summed E-state index contributed by atoms with van der Waals surface area (Å²) in [5, 5.41) is 19.6. The monoisotopic (exact) mass is 374 g/mol. The van der Waals surface area contributed by atoms with Gasteiger partial charge < -0.3 is 10.2 Å². The van der Waals surface area contributed by atoms with Gasteiger partial charge in [-0.15, -0.1) is 0 Å². The minimum absolute atomic E-state index is 0. The van der Waals surface area contributed by atoms with Gasteiger partial charge in [-0.05, 0) is 36.4 Å². The number of para-hydroxylation sites is 4. The second-order valence-corrected chi connectivity index (χ2v) is 5.12. The number of hydrogen-bond donors (Lipinski definition) is 2. The molecule has 3 rings (SSSR count). The molecule has 0 aliphatic heterocycles. The van der Waals surface area contributed by atoms with Gasteiger partial charge in [0.05, 0.1) is 11.4 Å². The molecule has 2 N–H and O–H groups in total. The van der Waals surface area contributed by atoms with E-state index < -0.39 is 0 Å². The van der Waals surface area contributed by atoms with E-state index >= 15 is 0 Å². The van der Waals surface area contributed by atoms with Crippen LogP contribution in [-0.2, 0) is 16.5 Å². The molecule has 0 spiro atoms. The van der Waals surface area contributed by atoms with Crippen molar-refractivity contribution >= 4 is 23.8 Å². The van der Waals surface area contributed by atoms with Crippen molar-refractivity contribution in [3.63, 3.8) is 0 Å². The third-order valence-corrected chi connectivity index (χ3v) is 3.44. The van der Waals surface area contributed by atoms with E-state index in [1.807, 2.05) is 36.4 Å². The maximum atomic E-state index is 9.79. The molecule has 0 saturated heterocycles. The van der Waals surface area contributed by atoms with Crippen LogP contribution < -0.4 is 0 Å². The van der Waals surface area contributed by atoms with Gasteiger partial charge in [0.1, 0.15) is 11.5 Å². The van der Waals surface area contributed by atoms with Gasteiger partial charge in [0, 0.05) is 40.0 Å². The molecule has 3 aromatic carbocycles. The number of rotatable bonds is 4. The first kappa shape index (κ1) is 18.4. The second-order valence-electron chi connectivity index (χ2n) is 5.12. The van der Waals surface area contributed by atoms with Crippen molar-refractivity contribution < 1.29 is 26.7 Å². The molecule has 0 aliphatic carbocycles. The number of phenols is 2. The molecule has 0 aromatic heterocycles. The van der Waals surface area contributed by atoms with Crippen LogP contribution in [0.3, 0.4) is 0 Å². The van der Waals surface area contributed by atoms with E-state index in [4.69, 9.17) is 0 Å². The van der Waals surface area contributed by atoms with Crippen molar-refractivity contribution in [3.8, 4) is 11.5 Å². The van der Waals surface area contributed by atoms with Gasteiger partial charge in [-0.2, -0.15) is 0 Å². The fraction of sp³-hybridized carbons (Fsp3) is 0. The molecular formula is C20H16N2NiO2. The zero-order chi connectivity index (χ0) is 16.8. The average molecular weight is 375 g/mol. The van der Waals surface area contributed by atoms with E-state index in [1.54, 1.807) is 48.8 Å². The Labute approximate surface area is 156 Å². The van der Waals surface area contributed by atoms with Crippen molar-refractivity contribution in [3.05, 3.63) is 83.9 Å².